The molecule has 0 aliphatic heterocycles. The summed E-state index contributed by atoms with van der Waals surface area (Å²) in [6.45, 7) is 0.442. The number of aromatic nitrogens is 4. The normalized spacial score (nSPS) is 11.3. The molecule has 7 aromatic rings. The number of ether oxygens (including phenoxy) is 3. The van der Waals surface area contributed by atoms with Crippen molar-refractivity contribution in [3.05, 3.63) is 137 Å². The van der Waals surface area contributed by atoms with Crippen molar-refractivity contribution in [3.63, 3.8) is 0 Å². The molecule has 0 saturated carbocycles. The maximum Gasteiger partial charge on any atom is 0.269 e. The number of nitrogens with zero attached hydrogens (tertiary/aromatic N) is 4. The first-order chi connectivity index (χ1) is 27.6. The van der Waals surface area contributed by atoms with E-state index in [1.807, 2.05) is 12.1 Å². The summed E-state index contributed by atoms with van der Waals surface area (Å²) in [6.07, 6.45) is 4.39. The van der Waals surface area contributed by atoms with E-state index in [-0.39, 0.29) is 35.7 Å². The lowest BCUT2D eigenvalue weighted by Crippen LogP contribution is -2.24. The molecule has 0 spiro atoms. The van der Waals surface area contributed by atoms with Crippen LogP contribution in [-0.2, 0) is 29.7 Å². The Morgan fingerprint density at radius 2 is 1.54 bits per heavy atom. The summed E-state index contributed by atoms with van der Waals surface area (Å²) in [4.78, 5) is 28.1. The molecule has 0 atom stereocenters. The average Bonchev–Trinajstić information content (AvgIpc) is 3.88. The first-order valence-corrected chi connectivity index (χ1v) is 19.6. The summed E-state index contributed by atoms with van der Waals surface area (Å²) in [7, 11) is 0.539. The van der Waals surface area contributed by atoms with Gasteiger partial charge in [0.1, 0.15) is 35.2 Å². The minimum absolute atomic E-state index is 0.0198. The van der Waals surface area contributed by atoms with E-state index in [9.17, 15) is 22.0 Å². The fourth-order valence-corrected chi connectivity index (χ4v) is 8.42. The Bertz CT molecular complexity index is 2670. The van der Waals surface area contributed by atoms with Crippen LogP contribution in [0.25, 0.3) is 21.5 Å². The summed E-state index contributed by atoms with van der Waals surface area (Å²) in [5.41, 5.74) is 2.06. The van der Waals surface area contributed by atoms with Gasteiger partial charge in [-0.2, -0.15) is 0 Å². The maximum atomic E-state index is 14.1. The Morgan fingerprint density at radius 3 is 2.26 bits per heavy atom. The molecule has 0 aliphatic carbocycles. The van der Waals surface area contributed by atoms with Gasteiger partial charge >= 0.3 is 0 Å². The summed E-state index contributed by atoms with van der Waals surface area (Å²) in [5, 5.41) is 9.75. The first-order valence-electron chi connectivity index (χ1n) is 17.3. The first kappa shape index (κ1) is 38.7. The molecule has 0 bridgehead atoms. The number of anilines is 2. The lowest BCUT2D eigenvalue weighted by molar-refractivity contribution is 0.0951. The zero-order valence-electron chi connectivity index (χ0n) is 30.7. The molecule has 57 heavy (non-hydrogen) atoms. The van der Waals surface area contributed by atoms with Crippen LogP contribution >= 0.6 is 11.3 Å². The van der Waals surface area contributed by atoms with E-state index in [0.717, 1.165) is 25.9 Å². The molecule has 4 heterocycles. The number of carbonyl (C=O) groups is 1. The predicted molar refractivity (Wildman–Crippen MR) is 212 cm³/mol. The van der Waals surface area contributed by atoms with E-state index >= 15 is 0 Å². The third kappa shape index (κ3) is 8.06. The SMILES string of the molecule is COc1cc(OC)c(CNc2ncnc3c2c(-c2ccc(CNc4ncccc4C(=O)NCc4ccc(F)c(F)c4)s2)cn3S(=O)(=O)c2ccccc2)c(OC)c1. The van der Waals surface area contributed by atoms with Crippen LogP contribution in [0.15, 0.2) is 109 Å². The molecule has 0 saturated heterocycles. The number of benzene rings is 3. The number of rotatable bonds is 15. The minimum Gasteiger partial charge on any atom is -0.496 e. The van der Waals surface area contributed by atoms with Crippen LogP contribution in [0.1, 0.15) is 26.4 Å². The van der Waals surface area contributed by atoms with Gasteiger partial charge in [0.2, 0.25) is 0 Å². The predicted octanol–water partition coefficient (Wildman–Crippen LogP) is 7.25. The molecule has 0 unspecified atom stereocenters. The van der Waals surface area contributed by atoms with Crippen LogP contribution in [0.2, 0.25) is 0 Å². The highest BCUT2D eigenvalue weighted by atomic mass is 32.2. The van der Waals surface area contributed by atoms with Crippen molar-refractivity contribution in [2.45, 2.75) is 24.5 Å². The third-order valence-electron chi connectivity index (χ3n) is 8.95. The van der Waals surface area contributed by atoms with E-state index in [0.29, 0.717) is 51.0 Å². The van der Waals surface area contributed by atoms with Crippen LogP contribution in [0.4, 0.5) is 20.4 Å². The summed E-state index contributed by atoms with van der Waals surface area (Å²) in [5.74, 6) is -0.171. The number of methoxy groups -OCH3 is 3. The highest BCUT2D eigenvalue weighted by Crippen LogP contribution is 2.40. The van der Waals surface area contributed by atoms with Crippen LogP contribution in [-0.4, -0.2) is 54.6 Å². The monoisotopic (exact) mass is 811 g/mol. The lowest BCUT2D eigenvalue weighted by Gasteiger charge is -2.16. The summed E-state index contributed by atoms with van der Waals surface area (Å²) < 4.78 is 73.1. The molecule has 1 amide bonds. The molecule has 4 aromatic heterocycles. The van der Waals surface area contributed by atoms with Crippen LogP contribution in [0.3, 0.4) is 0 Å². The second-order valence-electron chi connectivity index (χ2n) is 12.4. The highest BCUT2D eigenvalue weighted by Gasteiger charge is 2.26. The quantitative estimate of drug-likeness (QED) is 0.0958. The van der Waals surface area contributed by atoms with Crippen LogP contribution in [0.5, 0.6) is 17.2 Å². The fraction of sp³-hybridized carbons (Fsp3) is 0.150. The van der Waals surface area contributed by atoms with Gasteiger partial charge in [0.15, 0.2) is 17.3 Å². The number of hydrogen-bond donors (Lipinski definition) is 3. The summed E-state index contributed by atoms with van der Waals surface area (Å²) in [6, 6.07) is 22.0. The van der Waals surface area contributed by atoms with E-state index in [2.05, 4.69) is 30.9 Å². The van der Waals surface area contributed by atoms with Gasteiger partial charge in [-0.3, -0.25) is 4.79 Å². The number of carbonyl (C=O) groups excluding carboxylic acids is 1. The van der Waals surface area contributed by atoms with Gasteiger partial charge in [-0.1, -0.05) is 24.3 Å². The molecule has 3 aromatic carbocycles. The molecular weight excluding hydrogens is 777 g/mol. The molecule has 7 rings (SSSR count). The van der Waals surface area contributed by atoms with Gasteiger partial charge in [0.25, 0.3) is 15.9 Å². The standard InChI is InChI=1S/C40H35F2N7O6S2/c1-53-25-17-33(54-2)29(34(18-25)55-3)21-45-38-36-30(22-49(39(36)48-23-47-38)57(51,52)27-8-5-4-6-9-27)35-14-12-26(56-35)20-44-37-28(10-7-15-43-37)40(50)46-19-24-11-13-31(41)32(42)16-24/h4-18,22-23H,19-21H2,1-3H3,(H,43,44)(H,46,50)(H,45,47,48). The number of amides is 1. The Kier molecular flexibility index (Phi) is 11.3. The maximum absolute atomic E-state index is 14.1. The largest absolute Gasteiger partial charge is 0.496 e. The fourth-order valence-electron chi connectivity index (χ4n) is 6.11. The molecule has 3 N–H and O–H groups in total. The Morgan fingerprint density at radius 1 is 0.789 bits per heavy atom. The highest BCUT2D eigenvalue weighted by molar-refractivity contribution is 7.90. The van der Waals surface area contributed by atoms with Crippen molar-refractivity contribution in [2.24, 2.45) is 0 Å². The van der Waals surface area contributed by atoms with Crippen molar-refractivity contribution in [1.82, 2.24) is 24.2 Å². The van der Waals surface area contributed by atoms with Crippen LogP contribution < -0.4 is 30.2 Å². The van der Waals surface area contributed by atoms with E-state index < -0.39 is 27.6 Å². The van der Waals surface area contributed by atoms with Crippen molar-refractivity contribution in [2.75, 3.05) is 32.0 Å². The third-order valence-corrected chi connectivity index (χ3v) is 11.7. The Balaban J connectivity index is 1.19. The minimum atomic E-state index is -4.09. The van der Waals surface area contributed by atoms with Gasteiger partial charge in [-0.25, -0.2) is 36.1 Å². The van der Waals surface area contributed by atoms with Gasteiger partial charge in [0, 0.05) is 52.9 Å². The smallest absolute Gasteiger partial charge is 0.269 e. The molecule has 13 nitrogen and oxygen atoms in total. The Labute approximate surface area is 330 Å². The average molecular weight is 812 g/mol. The number of thiophene rings is 1. The topological polar surface area (TPSA) is 159 Å². The van der Waals surface area contributed by atoms with Crippen molar-refractivity contribution in [1.29, 1.82) is 0 Å². The van der Waals surface area contributed by atoms with E-state index in [4.69, 9.17) is 14.2 Å². The van der Waals surface area contributed by atoms with Gasteiger partial charge in [-0.15, -0.1) is 11.3 Å². The van der Waals surface area contributed by atoms with Gasteiger partial charge in [-0.05, 0) is 54.1 Å². The number of fused-ring (bicyclic) bond motifs is 1. The number of nitrogens with one attached hydrogen (secondary N) is 3. The second-order valence-corrected chi connectivity index (χ2v) is 15.4. The molecule has 0 radical (unpaired) electrons. The number of halogens is 2. The number of hydrogen-bond acceptors (Lipinski definition) is 12. The summed E-state index contributed by atoms with van der Waals surface area (Å²) >= 11 is 1.40. The number of pyridine rings is 1. The van der Waals surface area contributed by atoms with Crippen LogP contribution in [0, 0.1) is 11.6 Å². The van der Waals surface area contributed by atoms with E-state index in [1.165, 1.54) is 35.9 Å². The van der Waals surface area contributed by atoms with Gasteiger partial charge < -0.3 is 30.2 Å². The molecular formula is C40H35F2N7O6S2. The Hall–Kier alpha value is -6.59. The van der Waals surface area contributed by atoms with Crippen molar-refractivity contribution in [3.8, 4) is 27.7 Å². The van der Waals surface area contributed by atoms with E-state index in [1.54, 1.807) is 76.2 Å². The molecule has 17 heteroatoms. The molecule has 292 valence electrons. The van der Waals surface area contributed by atoms with Gasteiger partial charge in [0.05, 0.1) is 49.3 Å². The zero-order chi connectivity index (χ0) is 40.1. The molecule has 0 aliphatic rings. The van der Waals surface area contributed by atoms with Crippen molar-refractivity contribution < 1.29 is 36.2 Å². The lowest BCUT2D eigenvalue weighted by atomic mass is 10.1. The second kappa shape index (κ2) is 16.6. The molecule has 0 fully saturated rings. The zero-order valence-corrected chi connectivity index (χ0v) is 32.4. The van der Waals surface area contributed by atoms with Crippen molar-refractivity contribution >= 4 is 49.9 Å².